The zero-order valence-electron chi connectivity index (χ0n) is 14.7. The van der Waals surface area contributed by atoms with Crippen LogP contribution in [0.5, 0.6) is 0 Å². The lowest BCUT2D eigenvalue weighted by Gasteiger charge is -2.07. The number of aliphatic carboxylic acids is 1. The fourth-order valence-electron chi connectivity index (χ4n) is 2.94. The molecule has 0 bridgehead atoms. The van der Waals surface area contributed by atoms with Crippen molar-refractivity contribution in [2.45, 2.75) is 26.8 Å². The van der Waals surface area contributed by atoms with Crippen molar-refractivity contribution in [3.8, 4) is 11.1 Å². The molecule has 8 heteroatoms. The Morgan fingerprint density at radius 1 is 1.19 bits per heavy atom. The summed E-state index contributed by atoms with van der Waals surface area (Å²) >= 11 is 0. The van der Waals surface area contributed by atoms with Gasteiger partial charge in [-0.25, -0.2) is 14.8 Å². The summed E-state index contributed by atoms with van der Waals surface area (Å²) in [6.45, 7) is 3.70. The fraction of sp³-hybridized carbons (Fsp3) is 0.278. The number of nitrogens with zero attached hydrogens (tertiary/aromatic N) is 4. The Morgan fingerprint density at radius 2 is 1.88 bits per heavy atom. The van der Waals surface area contributed by atoms with Gasteiger partial charge in [0.1, 0.15) is 6.54 Å². The lowest BCUT2D eigenvalue weighted by Crippen LogP contribution is -2.10. The number of methoxy groups -OCH3 is 1. The van der Waals surface area contributed by atoms with E-state index >= 15 is 0 Å². The van der Waals surface area contributed by atoms with E-state index in [1.54, 1.807) is 12.4 Å². The van der Waals surface area contributed by atoms with Crippen LogP contribution in [0.25, 0.3) is 22.0 Å². The Bertz CT molecular complexity index is 993. The summed E-state index contributed by atoms with van der Waals surface area (Å²) in [5, 5.41) is 14.4. The highest BCUT2D eigenvalue weighted by Crippen LogP contribution is 2.29. The molecule has 2 heterocycles. The number of benzene rings is 1. The van der Waals surface area contributed by atoms with E-state index in [-0.39, 0.29) is 12.4 Å². The molecule has 134 valence electrons. The van der Waals surface area contributed by atoms with Crippen molar-refractivity contribution in [3.63, 3.8) is 0 Å². The molecule has 26 heavy (non-hydrogen) atoms. The maximum absolute atomic E-state index is 11.5. The molecule has 0 radical (unpaired) electrons. The summed E-state index contributed by atoms with van der Waals surface area (Å²) < 4.78 is 6.12. The van der Waals surface area contributed by atoms with E-state index in [4.69, 9.17) is 5.11 Å². The summed E-state index contributed by atoms with van der Waals surface area (Å²) in [4.78, 5) is 30.6. The lowest BCUT2D eigenvalue weighted by atomic mass is 10.0. The number of carboxylic acids is 1. The van der Waals surface area contributed by atoms with Crippen LogP contribution in [0.4, 0.5) is 0 Å². The van der Waals surface area contributed by atoms with Crippen molar-refractivity contribution < 1.29 is 19.4 Å². The average molecular weight is 354 g/mol. The number of ether oxygens (including phenoxy) is 1. The number of rotatable bonds is 5. The number of hydrogen-bond acceptors (Lipinski definition) is 6. The van der Waals surface area contributed by atoms with E-state index in [2.05, 4.69) is 19.8 Å². The second kappa shape index (κ2) is 6.91. The summed E-state index contributed by atoms with van der Waals surface area (Å²) in [5.41, 5.74) is 4.16. The molecule has 1 N–H and O–H groups in total. The van der Waals surface area contributed by atoms with E-state index in [0.29, 0.717) is 6.42 Å². The fourth-order valence-corrected chi connectivity index (χ4v) is 2.94. The van der Waals surface area contributed by atoms with Gasteiger partial charge in [-0.1, -0.05) is 6.92 Å². The van der Waals surface area contributed by atoms with Gasteiger partial charge in [0.15, 0.2) is 0 Å². The van der Waals surface area contributed by atoms with E-state index in [0.717, 1.165) is 33.3 Å². The number of aromatic nitrogens is 4. The third-order valence-corrected chi connectivity index (χ3v) is 4.08. The monoisotopic (exact) mass is 354 g/mol. The first kappa shape index (κ1) is 17.5. The zero-order chi connectivity index (χ0) is 18.8. The van der Waals surface area contributed by atoms with Gasteiger partial charge in [0.2, 0.25) is 5.82 Å². The maximum atomic E-state index is 11.5. The van der Waals surface area contributed by atoms with Gasteiger partial charge in [-0.15, -0.1) is 0 Å². The van der Waals surface area contributed by atoms with Crippen LogP contribution in [-0.4, -0.2) is 43.9 Å². The van der Waals surface area contributed by atoms with Crippen LogP contribution in [0.3, 0.4) is 0 Å². The zero-order valence-corrected chi connectivity index (χ0v) is 14.7. The molecule has 0 amide bonds. The third kappa shape index (κ3) is 3.13. The standard InChI is InChI=1S/C18H18N4O4/c1-4-14-13-6-11(12-7-19-17(20-8-12)18(25)26-3)5-10(2)16(13)22(21-14)9-15(23)24/h5-8H,4,9H2,1-3H3,(H,23,24). The molecule has 3 aromatic rings. The van der Waals surface area contributed by atoms with E-state index in [1.807, 2.05) is 26.0 Å². The van der Waals surface area contributed by atoms with Crippen molar-refractivity contribution >= 4 is 22.8 Å². The molecular formula is C18H18N4O4. The molecule has 0 aliphatic rings. The van der Waals surface area contributed by atoms with Crippen LogP contribution >= 0.6 is 0 Å². The van der Waals surface area contributed by atoms with Gasteiger partial charge in [0.05, 0.1) is 18.3 Å². The minimum Gasteiger partial charge on any atom is -0.480 e. The molecule has 0 saturated carbocycles. The summed E-state index contributed by atoms with van der Waals surface area (Å²) in [7, 11) is 1.28. The van der Waals surface area contributed by atoms with Crippen LogP contribution in [0.15, 0.2) is 24.5 Å². The third-order valence-electron chi connectivity index (χ3n) is 4.08. The van der Waals surface area contributed by atoms with Gasteiger partial charge in [-0.05, 0) is 36.6 Å². The highest BCUT2D eigenvalue weighted by atomic mass is 16.5. The van der Waals surface area contributed by atoms with E-state index in [1.165, 1.54) is 11.8 Å². The largest absolute Gasteiger partial charge is 0.480 e. The Labute approximate surface area is 149 Å². The highest BCUT2D eigenvalue weighted by Gasteiger charge is 2.16. The Balaban J connectivity index is 2.11. The van der Waals surface area contributed by atoms with Gasteiger partial charge in [0, 0.05) is 23.3 Å². The van der Waals surface area contributed by atoms with Crippen LogP contribution in [0.2, 0.25) is 0 Å². The maximum Gasteiger partial charge on any atom is 0.376 e. The molecule has 0 aliphatic carbocycles. The summed E-state index contributed by atoms with van der Waals surface area (Å²) in [5.74, 6) is -1.53. The number of hydrogen-bond donors (Lipinski definition) is 1. The lowest BCUT2D eigenvalue weighted by molar-refractivity contribution is -0.137. The molecule has 0 unspecified atom stereocenters. The molecule has 1 aromatic carbocycles. The summed E-state index contributed by atoms with van der Waals surface area (Å²) in [6, 6.07) is 3.88. The normalized spacial score (nSPS) is 10.9. The number of carbonyl (C=O) groups is 2. The Kier molecular flexibility index (Phi) is 4.66. The Morgan fingerprint density at radius 3 is 2.46 bits per heavy atom. The first-order valence-electron chi connectivity index (χ1n) is 8.07. The van der Waals surface area contributed by atoms with Crippen molar-refractivity contribution in [3.05, 3.63) is 41.6 Å². The minimum atomic E-state index is -0.938. The molecule has 0 spiro atoms. The molecule has 0 fully saturated rings. The van der Waals surface area contributed by atoms with Gasteiger partial charge in [-0.3, -0.25) is 9.48 Å². The van der Waals surface area contributed by atoms with Gasteiger partial charge in [-0.2, -0.15) is 5.10 Å². The minimum absolute atomic E-state index is 0.00225. The Hall–Kier alpha value is -3.29. The molecular weight excluding hydrogens is 336 g/mol. The van der Waals surface area contributed by atoms with Crippen molar-refractivity contribution in [2.75, 3.05) is 7.11 Å². The predicted molar refractivity (Wildman–Crippen MR) is 93.8 cm³/mol. The molecule has 0 saturated heterocycles. The molecule has 0 aliphatic heterocycles. The van der Waals surface area contributed by atoms with Gasteiger partial charge in [0.25, 0.3) is 0 Å². The van der Waals surface area contributed by atoms with Crippen LogP contribution in [0, 0.1) is 6.92 Å². The number of carbonyl (C=O) groups excluding carboxylic acids is 1. The summed E-state index contributed by atoms with van der Waals surface area (Å²) in [6.07, 6.45) is 3.81. The van der Waals surface area contributed by atoms with Crippen molar-refractivity contribution in [1.82, 2.24) is 19.7 Å². The quantitative estimate of drug-likeness (QED) is 0.700. The molecule has 0 atom stereocenters. The number of carboxylic acid groups (broad SMARTS) is 1. The van der Waals surface area contributed by atoms with Crippen LogP contribution < -0.4 is 0 Å². The second-order valence-electron chi connectivity index (χ2n) is 5.83. The second-order valence-corrected chi connectivity index (χ2v) is 5.83. The first-order valence-corrected chi connectivity index (χ1v) is 8.07. The molecule has 8 nitrogen and oxygen atoms in total. The number of aryl methyl sites for hydroxylation is 2. The topological polar surface area (TPSA) is 107 Å². The highest BCUT2D eigenvalue weighted by molar-refractivity contribution is 5.91. The SMILES string of the molecule is CCc1nn(CC(=O)O)c2c(C)cc(-c3cnc(C(=O)OC)nc3)cc12. The van der Waals surface area contributed by atoms with Crippen molar-refractivity contribution in [1.29, 1.82) is 0 Å². The number of fused-ring (bicyclic) bond motifs is 1. The van der Waals surface area contributed by atoms with Crippen LogP contribution in [-0.2, 0) is 22.5 Å². The first-order chi connectivity index (χ1) is 12.4. The molecule has 3 rings (SSSR count). The van der Waals surface area contributed by atoms with Gasteiger partial charge < -0.3 is 9.84 Å². The van der Waals surface area contributed by atoms with E-state index < -0.39 is 11.9 Å². The average Bonchev–Trinajstić information content (AvgIpc) is 2.98. The smallest absolute Gasteiger partial charge is 0.376 e. The van der Waals surface area contributed by atoms with Gasteiger partial charge >= 0.3 is 11.9 Å². The van der Waals surface area contributed by atoms with E-state index in [9.17, 15) is 9.59 Å². The predicted octanol–water partition coefficient (Wildman–Crippen LogP) is 2.24. The number of esters is 1. The van der Waals surface area contributed by atoms with Crippen molar-refractivity contribution in [2.24, 2.45) is 0 Å². The van der Waals surface area contributed by atoms with Crippen LogP contribution in [0.1, 0.15) is 28.8 Å². The molecule has 2 aromatic heterocycles.